The van der Waals surface area contributed by atoms with Gasteiger partial charge in [0.2, 0.25) is 0 Å². The third-order valence-corrected chi connectivity index (χ3v) is 13.6. The van der Waals surface area contributed by atoms with Gasteiger partial charge in [0.25, 0.3) is 0 Å². The van der Waals surface area contributed by atoms with Gasteiger partial charge in [0.15, 0.2) is 0 Å². The lowest BCUT2D eigenvalue weighted by Gasteiger charge is -2.28. The molecule has 0 spiro atoms. The summed E-state index contributed by atoms with van der Waals surface area (Å²) in [5.74, 6) is 1.24. The van der Waals surface area contributed by atoms with Crippen molar-refractivity contribution in [3.8, 4) is 0 Å². The third-order valence-electron chi connectivity index (χ3n) is 9.67. The van der Waals surface area contributed by atoms with Crippen LogP contribution in [-0.4, -0.2) is 57.6 Å². The van der Waals surface area contributed by atoms with Crippen molar-refractivity contribution in [2.24, 2.45) is 0 Å². The monoisotopic (exact) mass is 975 g/mol. The van der Waals surface area contributed by atoms with Gasteiger partial charge in [-0.05, 0) is 82.4 Å². The molecule has 0 aromatic heterocycles. The summed E-state index contributed by atoms with van der Waals surface area (Å²) in [6.45, 7) is 10.5. The maximum absolute atomic E-state index is 11.9. The molecule has 0 radical (unpaired) electrons. The van der Waals surface area contributed by atoms with Crippen molar-refractivity contribution >= 4 is 59.1 Å². The third kappa shape index (κ3) is 25.3. The van der Waals surface area contributed by atoms with E-state index in [1.807, 2.05) is 123 Å². The molecule has 0 amide bonds. The Hall–Kier alpha value is -7.93. The molecule has 0 bridgehead atoms. The van der Waals surface area contributed by atoms with Gasteiger partial charge in [-0.25, -0.2) is 14.4 Å². The second-order valence-electron chi connectivity index (χ2n) is 15.4. The molecule has 71 heavy (non-hydrogen) atoms. The molecule has 0 saturated heterocycles. The first kappa shape index (κ1) is 61.1. The Labute approximate surface area is 424 Å². The van der Waals surface area contributed by atoms with Gasteiger partial charge in [0.1, 0.15) is 12.6 Å². The van der Waals surface area contributed by atoms with E-state index in [1.54, 1.807) is 71.1 Å². The van der Waals surface area contributed by atoms with Crippen LogP contribution in [0, 0.1) is 0 Å². The van der Waals surface area contributed by atoms with Crippen LogP contribution in [0.25, 0.3) is 0 Å². The standard InChI is InChI=1S/C24H23O2P.C22H28O4.C10H12O2.C6H6.H2/c1-20(24(25)26-2)18-19-27(21-12-6-3-7-13-21,22-14-8-4-9-15-22)23-16-10-5-11-17-23;1-17(13-9-15-19(3)21(23)25-5)11-7-8-12-18(2)14-10-16-20(4)22(24)26-6;1-9(7-11)5-3-4-6-10(2)8-12;1-2-4-6-5-3-1;/h3-19H,1-2H3;7-16H,1-6H3;3-8H,1-2H3;1-6H;1H/b20-18+;8-7+,13-9+,14-10+,17-11+,18-12+,19-15+,20-16+;4-3+,9-5+,10-6+;;/i;;;;1+1. The van der Waals surface area contributed by atoms with Crippen LogP contribution in [0.5, 0.6) is 0 Å². The molecule has 8 nitrogen and oxygen atoms in total. The largest absolute Gasteiger partial charge is 0.466 e. The van der Waals surface area contributed by atoms with Gasteiger partial charge in [0, 0.05) is 18.1 Å². The lowest BCUT2D eigenvalue weighted by atomic mass is 10.2. The molecule has 372 valence electrons. The van der Waals surface area contributed by atoms with Crippen molar-refractivity contribution in [2.45, 2.75) is 48.5 Å². The molecule has 9 heteroatoms. The summed E-state index contributed by atoms with van der Waals surface area (Å²) < 4.78 is 14.1. The second-order valence-corrected chi connectivity index (χ2v) is 18.7. The summed E-state index contributed by atoms with van der Waals surface area (Å²) in [4.78, 5) is 54.6. The molecule has 0 aliphatic carbocycles. The summed E-state index contributed by atoms with van der Waals surface area (Å²) in [5, 5.41) is 3.74. The fourth-order valence-electron chi connectivity index (χ4n) is 5.70. The Morgan fingerprint density at radius 2 is 0.620 bits per heavy atom. The zero-order valence-electron chi connectivity index (χ0n) is 42.7. The highest BCUT2D eigenvalue weighted by molar-refractivity contribution is 7.94. The molecule has 4 aromatic carbocycles. The number of hydrogen-bond acceptors (Lipinski definition) is 8. The minimum atomic E-state index is -2.07. The lowest BCUT2D eigenvalue weighted by Crippen LogP contribution is -2.26. The first-order chi connectivity index (χ1) is 34.2. The van der Waals surface area contributed by atoms with Crippen LogP contribution in [0.1, 0.15) is 49.9 Å². The van der Waals surface area contributed by atoms with E-state index >= 15 is 0 Å². The van der Waals surface area contributed by atoms with Gasteiger partial charge in [-0.15, -0.1) is 0 Å². The zero-order chi connectivity index (χ0) is 52.7. The first-order valence-corrected chi connectivity index (χ1v) is 24.5. The summed E-state index contributed by atoms with van der Waals surface area (Å²) in [6.07, 6.45) is 28.9. The van der Waals surface area contributed by atoms with Crippen LogP contribution in [0.4, 0.5) is 0 Å². The van der Waals surface area contributed by atoms with Crippen molar-refractivity contribution in [3.05, 3.63) is 258 Å². The minimum absolute atomic E-state index is 0. The average Bonchev–Trinajstić information content (AvgIpc) is 3.42. The van der Waals surface area contributed by atoms with Crippen LogP contribution in [0.3, 0.4) is 0 Å². The predicted molar refractivity (Wildman–Crippen MR) is 301 cm³/mol. The zero-order valence-corrected chi connectivity index (χ0v) is 43.6. The highest BCUT2D eigenvalue weighted by Gasteiger charge is 2.24. The summed E-state index contributed by atoms with van der Waals surface area (Å²) in [7, 11) is 4.13. The Morgan fingerprint density at radius 1 is 0.366 bits per heavy atom. The van der Waals surface area contributed by atoms with E-state index < -0.39 is 6.89 Å². The van der Waals surface area contributed by atoms with E-state index in [9.17, 15) is 24.0 Å². The molecular weight excluding hydrogens is 904 g/mol. The number of allylic oxidation sites excluding steroid dienone is 19. The van der Waals surface area contributed by atoms with Gasteiger partial charge >= 0.3 is 17.9 Å². The molecule has 0 aliphatic heterocycles. The highest BCUT2D eigenvalue weighted by atomic mass is 31.2. The molecule has 0 saturated carbocycles. The van der Waals surface area contributed by atoms with Crippen LogP contribution in [-0.2, 0) is 38.2 Å². The highest BCUT2D eigenvalue weighted by Crippen LogP contribution is 2.43. The van der Waals surface area contributed by atoms with E-state index in [0.29, 0.717) is 27.9 Å². The maximum Gasteiger partial charge on any atom is 0.333 e. The number of esters is 3. The fraction of sp³-hybridized carbons (Fsp3) is 0.161. The number of carbonyl (C=O) groups excluding carboxylic acids is 5. The molecule has 0 heterocycles. The van der Waals surface area contributed by atoms with E-state index in [0.717, 1.165) is 23.7 Å². The SMILES string of the molecule is COC(=O)/C(C)=C/C=C/C(C)=C/C=C/C=C(C)/C=C/C=C(\C)C(=O)OC.COC(=O)/C(C)=C/C=P(c1ccccc1)(c1ccccc1)c1ccccc1.C\C(C=O)=C/C=C/C=C(\C)C=O.[2HH].c1ccccc1. The van der Waals surface area contributed by atoms with Gasteiger partial charge in [-0.3, -0.25) is 9.59 Å². The van der Waals surface area contributed by atoms with Crippen molar-refractivity contribution in [3.63, 3.8) is 0 Å². The fourth-order valence-corrected chi connectivity index (χ4v) is 9.48. The Bertz CT molecular complexity index is 2460. The molecule has 0 N–H and O–H groups in total. The van der Waals surface area contributed by atoms with Crippen LogP contribution in [0.15, 0.2) is 258 Å². The topological polar surface area (TPSA) is 113 Å². The number of hydrogen-bond donors (Lipinski definition) is 0. The second kappa shape index (κ2) is 37.0. The molecule has 0 unspecified atom stereocenters. The van der Waals surface area contributed by atoms with E-state index in [2.05, 4.69) is 88.1 Å². The number of rotatable bonds is 17. The van der Waals surface area contributed by atoms with Gasteiger partial charge in [-0.1, -0.05) is 235 Å². The number of benzene rings is 4. The number of carbonyl (C=O) groups is 5. The smallest absolute Gasteiger partial charge is 0.333 e. The van der Waals surface area contributed by atoms with Gasteiger partial charge in [0.05, 0.1) is 21.3 Å². The lowest BCUT2D eigenvalue weighted by molar-refractivity contribution is -0.136. The van der Waals surface area contributed by atoms with Crippen molar-refractivity contribution in [1.29, 1.82) is 0 Å². The van der Waals surface area contributed by atoms with E-state index in [4.69, 9.17) is 4.74 Å². The maximum atomic E-state index is 11.9. The molecule has 4 aromatic rings. The van der Waals surface area contributed by atoms with Crippen molar-refractivity contribution < 1.29 is 39.6 Å². The molecule has 0 atom stereocenters. The molecule has 0 fully saturated rings. The van der Waals surface area contributed by atoms with E-state index in [1.165, 1.54) is 37.2 Å². The summed E-state index contributed by atoms with van der Waals surface area (Å²) in [5.41, 5.74) is 5.10. The normalized spacial score (nSPS) is 12.7. The first-order valence-electron chi connectivity index (χ1n) is 22.7. The Morgan fingerprint density at radius 3 is 0.887 bits per heavy atom. The van der Waals surface area contributed by atoms with Crippen molar-refractivity contribution in [1.82, 2.24) is 0 Å². The number of methoxy groups -OCH3 is 3. The summed E-state index contributed by atoms with van der Waals surface area (Å²) in [6, 6.07) is 43.5. The molecule has 4 rings (SSSR count). The van der Waals surface area contributed by atoms with Crippen LogP contribution in [0.2, 0.25) is 0 Å². The Kier molecular flexibility index (Phi) is 31.9. The predicted octanol–water partition coefficient (Wildman–Crippen LogP) is 12.5. The van der Waals surface area contributed by atoms with Crippen molar-refractivity contribution in [2.75, 3.05) is 21.3 Å². The molecule has 0 aliphatic rings. The van der Waals surface area contributed by atoms with Crippen LogP contribution >= 0.6 is 6.89 Å². The number of ether oxygens (including phenoxy) is 3. The Balaban J connectivity index is 0.00000104. The van der Waals surface area contributed by atoms with Gasteiger partial charge in [-0.2, -0.15) is 0 Å². The quantitative estimate of drug-likeness (QED) is 0.0257. The number of aldehydes is 2. The average molecular weight is 976 g/mol. The summed E-state index contributed by atoms with van der Waals surface area (Å²) >= 11 is 0. The van der Waals surface area contributed by atoms with Crippen LogP contribution < -0.4 is 15.9 Å². The van der Waals surface area contributed by atoms with E-state index in [-0.39, 0.29) is 19.3 Å². The minimum Gasteiger partial charge on any atom is -0.466 e. The molecular formula is C62H71O8P. The van der Waals surface area contributed by atoms with Gasteiger partial charge < -0.3 is 14.2 Å².